The largest absolute Gasteiger partial charge is 0.394 e. The molecule has 2 unspecified atom stereocenters. The first-order valence-electron chi connectivity index (χ1n) is 6.89. The fraction of sp³-hybridized carbons (Fsp3) is 0.571. The lowest BCUT2D eigenvalue weighted by atomic mass is 9.76. The van der Waals surface area contributed by atoms with Gasteiger partial charge in [0.05, 0.1) is 20.6 Å². The normalized spacial score (nSPS) is 25.6. The summed E-state index contributed by atoms with van der Waals surface area (Å²) in [7, 11) is 0. The minimum Gasteiger partial charge on any atom is -0.394 e. The molecule has 21 heavy (non-hydrogen) atoms. The summed E-state index contributed by atoms with van der Waals surface area (Å²) in [4.78, 5) is 10.6. The van der Waals surface area contributed by atoms with E-state index in [9.17, 15) is 19.6 Å². The molecule has 0 bridgehead atoms. The van der Waals surface area contributed by atoms with Crippen LogP contribution in [-0.2, 0) is 0 Å². The van der Waals surface area contributed by atoms with E-state index in [2.05, 4.69) is 12.2 Å². The van der Waals surface area contributed by atoms with Crippen LogP contribution in [0.25, 0.3) is 0 Å². The molecule has 0 saturated heterocycles. The van der Waals surface area contributed by atoms with Crippen molar-refractivity contribution in [2.45, 2.75) is 38.1 Å². The molecule has 2 N–H and O–H groups in total. The minimum absolute atomic E-state index is 0.123. The van der Waals surface area contributed by atoms with Gasteiger partial charge in [-0.2, -0.15) is 0 Å². The number of nitrogens with zero attached hydrogens (tertiary/aromatic N) is 1. The van der Waals surface area contributed by atoms with Crippen molar-refractivity contribution >= 4 is 34.0 Å². The zero-order valence-electron chi connectivity index (χ0n) is 11.7. The van der Waals surface area contributed by atoms with E-state index in [-0.39, 0.29) is 21.6 Å². The van der Waals surface area contributed by atoms with Gasteiger partial charge in [0.1, 0.15) is 11.5 Å². The minimum atomic E-state index is -0.609. The Morgan fingerprint density at radius 1 is 1.62 bits per heavy atom. The summed E-state index contributed by atoms with van der Waals surface area (Å²) in [6.07, 6.45) is 3.45. The summed E-state index contributed by atoms with van der Waals surface area (Å²) in [6, 6.07) is 2.37. The van der Waals surface area contributed by atoms with Gasteiger partial charge in [-0.05, 0) is 41.4 Å². The molecule has 2 rings (SSSR count). The second-order valence-corrected chi connectivity index (χ2v) is 6.97. The molecule has 0 aliphatic heterocycles. The SMILES string of the molecule is CC1CCCC(CO)(Nc2cc(F)c(I)cc2[N+](=O)[O-])C1. The van der Waals surface area contributed by atoms with Gasteiger partial charge in [0, 0.05) is 12.1 Å². The molecular weight excluding hydrogens is 390 g/mol. The van der Waals surface area contributed by atoms with Crippen LogP contribution in [0.4, 0.5) is 15.8 Å². The van der Waals surface area contributed by atoms with Gasteiger partial charge in [-0.1, -0.05) is 19.8 Å². The molecule has 1 fully saturated rings. The summed E-state index contributed by atoms with van der Waals surface area (Å²) in [5.41, 5.74) is -0.630. The van der Waals surface area contributed by atoms with Crippen LogP contribution in [0, 0.1) is 25.4 Å². The second-order valence-electron chi connectivity index (χ2n) is 5.81. The number of hydrogen-bond donors (Lipinski definition) is 2. The highest BCUT2D eigenvalue weighted by Gasteiger charge is 2.36. The molecule has 1 saturated carbocycles. The van der Waals surface area contributed by atoms with Crippen molar-refractivity contribution in [1.82, 2.24) is 0 Å². The van der Waals surface area contributed by atoms with Crippen molar-refractivity contribution < 1.29 is 14.4 Å². The van der Waals surface area contributed by atoms with Crippen molar-refractivity contribution in [3.05, 3.63) is 31.6 Å². The number of anilines is 1. The highest BCUT2D eigenvalue weighted by Crippen LogP contribution is 2.38. The fourth-order valence-corrected chi connectivity index (χ4v) is 3.48. The number of aliphatic hydroxyl groups is 1. The van der Waals surface area contributed by atoms with E-state index in [1.165, 1.54) is 6.07 Å². The summed E-state index contributed by atoms with van der Waals surface area (Å²) in [5.74, 6) is -0.0770. The van der Waals surface area contributed by atoms with E-state index in [0.717, 1.165) is 25.3 Å². The van der Waals surface area contributed by atoms with Crippen LogP contribution in [0.15, 0.2) is 12.1 Å². The van der Waals surface area contributed by atoms with Crippen LogP contribution >= 0.6 is 22.6 Å². The molecular formula is C14H18FIN2O3. The molecule has 5 nitrogen and oxygen atoms in total. The molecule has 1 aromatic carbocycles. The molecule has 0 heterocycles. The van der Waals surface area contributed by atoms with Gasteiger partial charge in [0.15, 0.2) is 0 Å². The first-order chi connectivity index (χ1) is 9.87. The van der Waals surface area contributed by atoms with E-state index in [0.29, 0.717) is 12.3 Å². The number of benzene rings is 1. The average molecular weight is 408 g/mol. The third kappa shape index (κ3) is 3.63. The molecule has 116 valence electrons. The molecule has 0 spiro atoms. The van der Waals surface area contributed by atoms with Gasteiger partial charge >= 0.3 is 0 Å². The predicted molar refractivity (Wildman–Crippen MR) is 86.8 cm³/mol. The molecule has 1 aliphatic rings. The van der Waals surface area contributed by atoms with E-state index >= 15 is 0 Å². The maximum atomic E-state index is 13.7. The molecule has 0 amide bonds. The van der Waals surface area contributed by atoms with Crippen LogP contribution in [-0.4, -0.2) is 22.2 Å². The average Bonchev–Trinajstić information content (AvgIpc) is 2.42. The molecule has 2 atom stereocenters. The van der Waals surface area contributed by atoms with Crippen molar-refractivity contribution in [1.29, 1.82) is 0 Å². The molecule has 1 aliphatic carbocycles. The molecule has 0 radical (unpaired) electrons. The van der Waals surface area contributed by atoms with Gasteiger partial charge in [-0.25, -0.2) is 4.39 Å². The van der Waals surface area contributed by atoms with E-state index in [4.69, 9.17) is 0 Å². The Bertz CT molecular complexity index is 555. The Kier molecular flexibility index (Phi) is 5.03. The van der Waals surface area contributed by atoms with Gasteiger partial charge in [-0.15, -0.1) is 0 Å². The van der Waals surface area contributed by atoms with Crippen molar-refractivity contribution in [3.8, 4) is 0 Å². The Morgan fingerprint density at radius 3 is 2.90 bits per heavy atom. The van der Waals surface area contributed by atoms with Crippen LogP contribution in [0.3, 0.4) is 0 Å². The summed E-state index contributed by atoms with van der Waals surface area (Å²) < 4.78 is 14.0. The van der Waals surface area contributed by atoms with E-state index < -0.39 is 16.3 Å². The Hall–Kier alpha value is -0.960. The van der Waals surface area contributed by atoms with E-state index in [1.54, 1.807) is 22.6 Å². The number of rotatable bonds is 4. The Labute approximate surface area is 136 Å². The number of nitro groups is 1. The lowest BCUT2D eigenvalue weighted by Crippen LogP contribution is -2.46. The Morgan fingerprint density at radius 2 is 2.33 bits per heavy atom. The van der Waals surface area contributed by atoms with Crippen LogP contribution in [0.5, 0.6) is 0 Å². The zero-order chi connectivity index (χ0) is 15.6. The van der Waals surface area contributed by atoms with Gasteiger partial charge < -0.3 is 10.4 Å². The Balaban J connectivity index is 2.37. The predicted octanol–water partition coefficient (Wildman–Crippen LogP) is 3.69. The van der Waals surface area contributed by atoms with Crippen LogP contribution in [0.2, 0.25) is 0 Å². The third-order valence-electron chi connectivity index (χ3n) is 4.03. The maximum Gasteiger partial charge on any atom is 0.293 e. The van der Waals surface area contributed by atoms with Crippen LogP contribution in [0.1, 0.15) is 32.6 Å². The number of nitro benzene ring substituents is 1. The first-order valence-corrected chi connectivity index (χ1v) is 7.97. The first kappa shape index (κ1) is 16.4. The van der Waals surface area contributed by atoms with Crippen LogP contribution < -0.4 is 5.32 Å². The zero-order valence-corrected chi connectivity index (χ0v) is 13.9. The molecule has 0 aromatic heterocycles. The van der Waals surface area contributed by atoms with E-state index in [1.807, 2.05) is 0 Å². The fourth-order valence-electron chi connectivity index (χ4n) is 3.03. The number of halogens is 2. The smallest absolute Gasteiger partial charge is 0.293 e. The van der Waals surface area contributed by atoms with Crippen molar-refractivity contribution in [2.24, 2.45) is 5.92 Å². The van der Waals surface area contributed by atoms with Gasteiger partial charge in [-0.3, -0.25) is 10.1 Å². The number of hydrogen-bond acceptors (Lipinski definition) is 4. The lowest BCUT2D eigenvalue weighted by Gasteiger charge is -2.40. The topological polar surface area (TPSA) is 75.4 Å². The summed E-state index contributed by atoms with van der Waals surface area (Å²) >= 11 is 1.73. The quantitative estimate of drug-likeness (QED) is 0.453. The number of aliphatic hydroxyl groups excluding tert-OH is 1. The van der Waals surface area contributed by atoms with Crippen molar-refractivity contribution in [2.75, 3.05) is 11.9 Å². The third-order valence-corrected chi connectivity index (χ3v) is 4.86. The highest BCUT2D eigenvalue weighted by molar-refractivity contribution is 14.1. The second kappa shape index (κ2) is 6.43. The van der Waals surface area contributed by atoms with Gasteiger partial charge in [0.25, 0.3) is 5.69 Å². The maximum absolute atomic E-state index is 13.7. The van der Waals surface area contributed by atoms with Gasteiger partial charge in [0.2, 0.25) is 0 Å². The number of nitrogens with one attached hydrogen (secondary N) is 1. The summed E-state index contributed by atoms with van der Waals surface area (Å²) in [5, 5.41) is 24.0. The molecule has 7 heteroatoms. The van der Waals surface area contributed by atoms with Crippen molar-refractivity contribution in [3.63, 3.8) is 0 Å². The summed E-state index contributed by atoms with van der Waals surface area (Å²) in [6.45, 7) is 1.97. The highest BCUT2D eigenvalue weighted by atomic mass is 127. The standard InChI is InChI=1S/C14H18FIN2O3/c1-9-3-2-4-14(7-9,8-19)17-12-5-10(15)11(16)6-13(12)18(20)21/h5-6,9,17,19H,2-4,7-8H2,1H3. The molecule has 1 aromatic rings. The lowest BCUT2D eigenvalue weighted by molar-refractivity contribution is -0.384. The monoisotopic (exact) mass is 408 g/mol.